The SMILES string of the molecule is COC(=O)CC1[C@@H](OCc2ccccc2)[C@H](OCc2ccccc2)[C@@H](OCc2ccccc2)C=[N+]1[O-]. The highest BCUT2D eigenvalue weighted by Crippen LogP contribution is 2.26. The minimum atomic E-state index is -0.821. The number of rotatable bonds is 11. The van der Waals surface area contributed by atoms with Crippen molar-refractivity contribution in [3.8, 4) is 0 Å². The maximum absolute atomic E-state index is 13.1. The van der Waals surface area contributed by atoms with Crippen LogP contribution in [0.1, 0.15) is 23.1 Å². The topological polar surface area (TPSA) is 80.1 Å². The molecule has 3 aromatic carbocycles. The molecule has 0 amide bonds. The molecular weight excluding hydrogens is 458 g/mol. The summed E-state index contributed by atoms with van der Waals surface area (Å²) in [5.74, 6) is -0.493. The van der Waals surface area contributed by atoms with Gasteiger partial charge in [0, 0.05) is 0 Å². The standard InChI is InChI=1S/C29H31NO6/c1-33-27(31)17-25-28(35-20-23-13-7-3-8-14-23)29(36-21-24-15-9-4-10-16-24)26(18-30(25)32)34-19-22-11-5-2-6-12-22/h2-16,18,25-26,28-29H,17,19-21H2,1H3/t25?,26-,28+,29+/m0/s1. The first-order valence-corrected chi connectivity index (χ1v) is 12.0. The van der Waals surface area contributed by atoms with Gasteiger partial charge in [0.1, 0.15) is 12.5 Å². The molecule has 7 heteroatoms. The summed E-state index contributed by atoms with van der Waals surface area (Å²) in [7, 11) is 1.30. The van der Waals surface area contributed by atoms with Crippen LogP contribution in [0, 0.1) is 5.21 Å². The molecule has 3 aromatic rings. The third-order valence-electron chi connectivity index (χ3n) is 6.11. The molecule has 4 atom stereocenters. The van der Waals surface area contributed by atoms with E-state index in [1.54, 1.807) is 0 Å². The van der Waals surface area contributed by atoms with Gasteiger partial charge >= 0.3 is 5.97 Å². The molecular formula is C29H31NO6. The van der Waals surface area contributed by atoms with E-state index in [4.69, 9.17) is 18.9 Å². The number of hydroxylamine groups is 1. The number of methoxy groups -OCH3 is 1. The zero-order chi connectivity index (χ0) is 25.2. The number of carbonyl (C=O) groups is 1. The van der Waals surface area contributed by atoms with Crippen LogP contribution in [0.25, 0.3) is 0 Å². The number of hydrogen-bond donors (Lipinski definition) is 0. The molecule has 1 aliphatic heterocycles. The van der Waals surface area contributed by atoms with Crippen molar-refractivity contribution < 1.29 is 28.5 Å². The molecule has 1 aliphatic rings. The second-order valence-corrected chi connectivity index (χ2v) is 8.64. The van der Waals surface area contributed by atoms with Crippen LogP contribution >= 0.6 is 0 Å². The number of ether oxygens (including phenoxy) is 4. The predicted molar refractivity (Wildman–Crippen MR) is 135 cm³/mol. The van der Waals surface area contributed by atoms with E-state index in [9.17, 15) is 10.0 Å². The van der Waals surface area contributed by atoms with Gasteiger partial charge in [-0.2, -0.15) is 0 Å². The van der Waals surface area contributed by atoms with Gasteiger partial charge in [-0.15, -0.1) is 0 Å². The fourth-order valence-corrected chi connectivity index (χ4v) is 4.18. The molecule has 36 heavy (non-hydrogen) atoms. The van der Waals surface area contributed by atoms with Crippen molar-refractivity contribution >= 4 is 12.2 Å². The molecule has 0 bridgehead atoms. The van der Waals surface area contributed by atoms with E-state index in [2.05, 4.69) is 0 Å². The monoisotopic (exact) mass is 489 g/mol. The largest absolute Gasteiger partial charge is 0.624 e. The molecule has 7 nitrogen and oxygen atoms in total. The van der Waals surface area contributed by atoms with Gasteiger partial charge in [-0.25, -0.2) is 4.74 Å². The molecule has 0 fully saturated rings. The maximum atomic E-state index is 13.1. The first kappa shape index (κ1) is 25.6. The Morgan fingerprint density at radius 1 is 0.722 bits per heavy atom. The lowest BCUT2D eigenvalue weighted by atomic mass is 9.95. The van der Waals surface area contributed by atoms with Gasteiger partial charge in [-0.3, -0.25) is 4.79 Å². The molecule has 0 saturated heterocycles. The number of hydrogen-bond acceptors (Lipinski definition) is 6. The zero-order valence-corrected chi connectivity index (χ0v) is 20.3. The quantitative estimate of drug-likeness (QED) is 0.227. The number of benzene rings is 3. The molecule has 0 aromatic heterocycles. The molecule has 0 radical (unpaired) electrons. The highest BCUT2D eigenvalue weighted by molar-refractivity contribution is 5.70. The van der Waals surface area contributed by atoms with E-state index in [0.29, 0.717) is 13.2 Å². The van der Waals surface area contributed by atoms with Crippen molar-refractivity contribution in [3.05, 3.63) is 113 Å². The van der Waals surface area contributed by atoms with Crippen molar-refractivity contribution in [2.45, 2.75) is 50.6 Å². The Bertz CT molecular complexity index is 1110. The summed E-state index contributed by atoms with van der Waals surface area (Å²) in [5.41, 5.74) is 2.91. The summed E-state index contributed by atoms with van der Waals surface area (Å²) in [4.78, 5) is 12.2. The third-order valence-corrected chi connectivity index (χ3v) is 6.11. The van der Waals surface area contributed by atoms with Crippen LogP contribution in [0.5, 0.6) is 0 Å². The third kappa shape index (κ3) is 7.01. The van der Waals surface area contributed by atoms with Crippen molar-refractivity contribution in [2.24, 2.45) is 0 Å². The van der Waals surface area contributed by atoms with E-state index in [1.807, 2.05) is 91.0 Å². The highest BCUT2D eigenvalue weighted by Gasteiger charge is 2.47. The Morgan fingerprint density at radius 3 is 1.64 bits per heavy atom. The van der Waals surface area contributed by atoms with Crippen molar-refractivity contribution in [1.82, 2.24) is 0 Å². The fourth-order valence-electron chi connectivity index (χ4n) is 4.18. The summed E-state index contributed by atoms with van der Waals surface area (Å²) in [6.07, 6.45) is -0.740. The minimum absolute atomic E-state index is 0.132. The van der Waals surface area contributed by atoms with Gasteiger partial charge in [-0.1, -0.05) is 91.0 Å². The number of esters is 1. The summed E-state index contributed by atoms with van der Waals surface area (Å²) in [6, 6.07) is 28.3. The molecule has 188 valence electrons. The van der Waals surface area contributed by atoms with E-state index >= 15 is 0 Å². The summed E-state index contributed by atoms with van der Waals surface area (Å²) in [5, 5.41) is 13.1. The Labute approximate surface area is 211 Å². The van der Waals surface area contributed by atoms with E-state index in [-0.39, 0.29) is 13.0 Å². The van der Waals surface area contributed by atoms with Gasteiger partial charge in [0.25, 0.3) is 0 Å². The van der Waals surface area contributed by atoms with Crippen LogP contribution in [0.3, 0.4) is 0 Å². The molecule has 0 spiro atoms. The van der Waals surface area contributed by atoms with Crippen LogP contribution in [-0.2, 0) is 43.6 Å². The lowest BCUT2D eigenvalue weighted by molar-refractivity contribution is -0.526. The van der Waals surface area contributed by atoms with Gasteiger partial charge in [0.05, 0.1) is 26.9 Å². The van der Waals surface area contributed by atoms with Crippen LogP contribution in [0.4, 0.5) is 0 Å². The average molecular weight is 490 g/mol. The lowest BCUT2D eigenvalue weighted by Gasteiger charge is -2.38. The zero-order valence-electron chi connectivity index (χ0n) is 20.3. The number of nitrogens with zero attached hydrogens (tertiary/aromatic N) is 1. The molecule has 0 saturated carbocycles. The Balaban J connectivity index is 1.60. The van der Waals surface area contributed by atoms with Crippen molar-refractivity contribution in [1.29, 1.82) is 0 Å². The predicted octanol–water partition coefficient (Wildman–Crippen LogP) is 4.27. The smallest absolute Gasteiger partial charge is 0.312 e. The van der Waals surface area contributed by atoms with Crippen LogP contribution < -0.4 is 0 Å². The Kier molecular flexibility index (Phi) is 9.21. The van der Waals surface area contributed by atoms with Crippen LogP contribution in [0.15, 0.2) is 91.0 Å². The lowest BCUT2D eigenvalue weighted by Crippen LogP contribution is -2.57. The van der Waals surface area contributed by atoms with Crippen molar-refractivity contribution in [2.75, 3.05) is 7.11 Å². The van der Waals surface area contributed by atoms with Crippen LogP contribution in [0.2, 0.25) is 0 Å². The molecule has 4 rings (SSSR count). The Hall–Kier alpha value is -3.52. The van der Waals surface area contributed by atoms with Gasteiger partial charge in [-0.05, 0) is 16.7 Å². The minimum Gasteiger partial charge on any atom is -0.624 e. The summed E-state index contributed by atoms with van der Waals surface area (Å²) >= 11 is 0. The van der Waals surface area contributed by atoms with E-state index in [0.717, 1.165) is 21.4 Å². The first-order chi connectivity index (χ1) is 17.6. The summed E-state index contributed by atoms with van der Waals surface area (Å²) < 4.78 is 24.5. The highest BCUT2D eigenvalue weighted by atomic mass is 16.6. The summed E-state index contributed by atoms with van der Waals surface area (Å²) in [6.45, 7) is 0.862. The van der Waals surface area contributed by atoms with Crippen molar-refractivity contribution in [3.63, 3.8) is 0 Å². The van der Waals surface area contributed by atoms with Crippen LogP contribution in [-0.4, -0.2) is 48.4 Å². The molecule has 0 N–H and O–H groups in total. The van der Waals surface area contributed by atoms with E-state index in [1.165, 1.54) is 13.3 Å². The molecule has 1 heterocycles. The maximum Gasteiger partial charge on any atom is 0.312 e. The van der Waals surface area contributed by atoms with E-state index < -0.39 is 30.3 Å². The second-order valence-electron chi connectivity index (χ2n) is 8.64. The molecule has 1 unspecified atom stereocenters. The van der Waals surface area contributed by atoms with Gasteiger partial charge in [0.15, 0.2) is 18.4 Å². The van der Waals surface area contributed by atoms with Gasteiger partial charge in [0.2, 0.25) is 6.04 Å². The molecule has 0 aliphatic carbocycles. The first-order valence-electron chi connectivity index (χ1n) is 12.0. The second kappa shape index (κ2) is 13.0. The van der Waals surface area contributed by atoms with Gasteiger partial charge < -0.3 is 24.2 Å². The normalized spacial score (nSPS) is 21.5. The fraction of sp³-hybridized carbons (Fsp3) is 0.310. The average Bonchev–Trinajstić information content (AvgIpc) is 2.93. The Morgan fingerprint density at radius 2 is 1.17 bits per heavy atom. The number of carbonyl (C=O) groups excluding carboxylic acids is 1.